The van der Waals surface area contributed by atoms with Crippen LogP contribution in [0.1, 0.15) is 52.4 Å². The van der Waals surface area contributed by atoms with Crippen molar-refractivity contribution in [2.24, 2.45) is 4.99 Å². The van der Waals surface area contributed by atoms with Crippen molar-refractivity contribution in [2.75, 3.05) is 45.8 Å². The van der Waals surface area contributed by atoms with E-state index in [2.05, 4.69) is 27.9 Å². The lowest BCUT2D eigenvalue weighted by Crippen LogP contribution is -2.21. The first-order valence-corrected chi connectivity index (χ1v) is 8.48. The molecule has 0 amide bonds. The van der Waals surface area contributed by atoms with Gasteiger partial charge in [0.2, 0.25) is 0 Å². The lowest BCUT2D eigenvalue weighted by atomic mass is 10.2. The molecule has 0 radical (unpaired) electrons. The molecule has 0 aliphatic rings. The molecule has 4 nitrogen and oxygen atoms in total. The number of aliphatic imine (C=N–C) groups is 1. The van der Waals surface area contributed by atoms with E-state index in [9.17, 15) is 0 Å². The summed E-state index contributed by atoms with van der Waals surface area (Å²) in [6, 6.07) is 0. The summed E-state index contributed by atoms with van der Waals surface area (Å²) >= 11 is 0. The van der Waals surface area contributed by atoms with Gasteiger partial charge < -0.3 is 16.0 Å². The molecule has 0 saturated carbocycles. The Morgan fingerprint density at radius 2 is 1.15 bits per heavy atom. The van der Waals surface area contributed by atoms with Gasteiger partial charge in [-0.25, -0.2) is 0 Å². The Hall–Kier alpha value is -0.450. The van der Waals surface area contributed by atoms with Gasteiger partial charge in [-0.2, -0.15) is 0 Å². The average Bonchev–Trinajstić information content (AvgIpc) is 2.47. The van der Waals surface area contributed by atoms with Gasteiger partial charge in [-0.15, -0.1) is 0 Å². The van der Waals surface area contributed by atoms with Gasteiger partial charge in [0.1, 0.15) is 0 Å². The average molecular weight is 284 g/mol. The Bertz CT molecular complexity index is 195. The molecule has 0 aromatic carbocycles. The van der Waals surface area contributed by atoms with Crippen LogP contribution in [0.5, 0.6) is 0 Å². The summed E-state index contributed by atoms with van der Waals surface area (Å²) in [6.07, 6.45) is 9.45. The van der Waals surface area contributed by atoms with Crippen molar-refractivity contribution in [1.29, 1.82) is 0 Å². The summed E-state index contributed by atoms with van der Waals surface area (Å²) in [4.78, 5) is 4.21. The standard InChI is InChI=1S/C16H36N4/c1-3-17-11-5-7-13-19-15-9-10-16-20-14-8-6-12-18-4-2/h3,18-20H,4-16H2,1-2H3. The first-order valence-electron chi connectivity index (χ1n) is 8.48. The second-order valence-electron chi connectivity index (χ2n) is 5.14. The van der Waals surface area contributed by atoms with Gasteiger partial charge >= 0.3 is 0 Å². The predicted octanol–water partition coefficient (Wildman–Crippen LogP) is 2.21. The van der Waals surface area contributed by atoms with E-state index in [1.165, 1.54) is 38.5 Å². The van der Waals surface area contributed by atoms with Gasteiger partial charge in [0, 0.05) is 6.54 Å². The monoisotopic (exact) mass is 284 g/mol. The Kier molecular flexibility index (Phi) is 18.1. The van der Waals surface area contributed by atoms with Crippen LogP contribution in [0, 0.1) is 0 Å². The van der Waals surface area contributed by atoms with Crippen LogP contribution in [0.4, 0.5) is 0 Å². The van der Waals surface area contributed by atoms with Crippen molar-refractivity contribution in [3.8, 4) is 0 Å². The van der Waals surface area contributed by atoms with Crippen LogP contribution in [0.3, 0.4) is 0 Å². The van der Waals surface area contributed by atoms with Crippen LogP contribution < -0.4 is 16.0 Å². The molecular weight excluding hydrogens is 248 g/mol. The van der Waals surface area contributed by atoms with E-state index < -0.39 is 0 Å². The largest absolute Gasteiger partial charge is 0.317 e. The lowest BCUT2D eigenvalue weighted by Gasteiger charge is -2.06. The molecule has 0 aliphatic heterocycles. The highest BCUT2D eigenvalue weighted by atomic mass is 14.9. The van der Waals surface area contributed by atoms with E-state index in [0.29, 0.717) is 0 Å². The summed E-state index contributed by atoms with van der Waals surface area (Å²) in [7, 11) is 0. The minimum atomic E-state index is 0.982. The molecular formula is C16H36N4. The Labute approximate surface area is 126 Å². The number of hydrogen-bond acceptors (Lipinski definition) is 4. The molecule has 0 bridgehead atoms. The molecule has 0 aromatic rings. The summed E-state index contributed by atoms with van der Waals surface area (Å²) in [5.74, 6) is 0. The maximum Gasteiger partial charge on any atom is 0.0385 e. The summed E-state index contributed by atoms with van der Waals surface area (Å²) < 4.78 is 0. The van der Waals surface area contributed by atoms with E-state index in [1.807, 2.05) is 13.1 Å². The molecule has 3 N–H and O–H groups in total. The fraction of sp³-hybridized carbons (Fsp3) is 0.938. The molecule has 0 aromatic heterocycles. The highest BCUT2D eigenvalue weighted by Crippen LogP contribution is 1.90. The summed E-state index contributed by atoms with van der Waals surface area (Å²) in [6.45, 7) is 12.0. The smallest absolute Gasteiger partial charge is 0.0385 e. The third-order valence-electron chi connectivity index (χ3n) is 3.24. The number of unbranched alkanes of at least 4 members (excludes halogenated alkanes) is 3. The quantitative estimate of drug-likeness (QED) is 0.301. The van der Waals surface area contributed by atoms with Gasteiger partial charge in [0.25, 0.3) is 0 Å². The highest BCUT2D eigenvalue weighted by molar-refractivity contribution is 5.53. The first kappa shape index (κ1) is 19.6. The van der Waals surface area contributed by atoms with E-state index in [1.54, 1.807) is 0 Å². The number of nitrogens with zero attached hydrogens (tertiary/aromatic N) is 1. The fourth-order valence-corrected chi connectivity index (χ4v) is 2.01. The van der Waals surface area contributed by atoms with Crippen molar-refractivity contribution >= 4 is 6.21 Å². The molecule has 0 rings (SSSR count). The molecule has 0 spiro atoms. The molecule has 0 aliphatic carbocycles. The third kappa shape index (κ3) is 17.6. The van der Waals surface area contributed by atoms with Crippen molar-refractivity contribution in [3.05, 3.63) is 0 Å². The van der Waals surface area contributed by atoms with E-state index in [0.717, 1.165) is 45.8 Å². The zero-order valence-electron chi connectivity index (χ0n) is 13.7. The minimum Gasteiger partial charge on any atom is -0.317 e. The minimum absolute atomic E-state index is 0.982. The molecule has 0 saturated heterocycles. The molecule has 4 heteroatoms. The van der Waals surface area contributed by atoms with Gasteiger partial charge in [0.15, 0.2) is 0 Å². The fourth-order valence-electron chi connectivity index (χ4n) is 2.01. The van der Waals surface area contributed by atoms with Crippen molar-refractivity contribution in [3.63, 3.8) is 0 Å². The second kappa shape index (κ2) is 18.6. The maximum absolute atomic E-state index is 4.21. The zero-order valence-corrected chi connectivity index (χ0v) is 13.7. The first-order chi connectivity index (χ1) is 9.91. The van der Waals surface area contributed by atoms with Crippen LogP contribution in [-0.2, 0) is 0 Å². The molecule has 20 heavy (non-hydrogen) atoms. The van der Waals surface area contributed by atoms with Crippen LogP contribution in [0.25, 0.3) is 0 Å². The van der Waals surface area contributed by atoms with Crippen molar-refractivity contribution < 1.29 is 0 Å². The summed E-state index contributed by atoms with van der Waals surface area (Å²) in [5.41, 5.74) is 0. The molecule has 0 fully saturated rings. The van der Waals surface area contributed by atoms with Crippen LogP contribution in [0.15, 0.2) is 4.99 Å². The molecule has 0 atom stereocenters. The lowest BCUT2D eigenvalue weighted by molar-refractivity contribution is 0.550. The van der Waals surface area contributed by atoms with E-state index in [4.69, 9.17) is 0 Å². The van der Waals surface area contributed by atoms with Gasteiger partial charge in [-0.3, -0.25) is 4.99 Å². The topological polar surface area (TPSA) is 48.5 Å². The second-order valence-corrected chi connectivity index (χ2v) is 5.14. The van der Waals surface area contributed by atoms with Crippen molar-refractivity contribution in [2.45, 2.75) is 52.4 Å². The van der Waals surface area contributed by atoms with E-state index >= 15 is 0 Å². The number of rotatable bonds is 16. The number of hydrogen-bond donors (Lipinski definition) is 3. The molecule has 0 heterocycles. The Balaban J connectivity index is 2.92. The zero-order chi connectivity index (χ0) is 14.7. The maximum atomic E-state index is 4.21. The Morgan fingerprint density at radius 1 is 0.700 bits per heavy atom. The third-order valence-corrected chi connectivity index (χ3v) is 3.24. The highest BCUT2D eigenvalue weighted by Gasteiger charge is 1.91. The van der Waals surface area contributed by atoms with Gasteiger partial charge in [-0.05, 0) is 90.9 Å². The van der Waals surface area contributed by atoms with Gasteiger partial charge in [0.05, 0.1) is 0 Å². The SMILES string of the molecule is CC=NCCCCNCCCCNCCCCNCC. The van der Waals surface area contributed by atoms with Crippen LogP contribution >= 0.6 is 0 Å². The van der Waals surface area contributed by atoms with E-state index in [-0.39, 0.29) is 0 Å². The van der Waals surface area contributed by atoms with Crippen LogP contribution in [0.2, 0.25) is 0 Å². The Morgan fingerprint density at radius 3 is 1.60 bits per heavy atom. The molecule has 120 valence electrons. The van der Waals surface area contributed by atoms with Crippen LogP contribution in [-0.4, -0.2) is 52.0 Å². The normalized spacial score (nSPS) is 11.5. The number of nitrogens with one attached hydrogen (secondary N) is 3. The molecule has 0 unspecified atom stereocenters. The predicted molar refractivity (Wildman–Crippen MR) is 91.0 cm³/mol. The van der Waals surface area contributed by atoms with Crippen molar-refractivity contribution in [1.82, 2.24) is 16.0 Å². The summed E-state index contributed by atoms with van der Waals surface area (Å²) in [5, 5.41) is 10.4. The van der Waals surface area contributed by atoms with Gasteiger partial charge in [-0.1, -0.05) is 6.92 Å².